The fourth-order valence-electron chi connectivity index (χ4n) is 6.17. The van der Waals surface area contributed by atoms with Gasteiger partial charge in [0.1, 0.15) is 18.1 Å². The lowest BCUT2D eigenvalue weighted by Gasteiger charge is -2.44. The number of pyridine rings is 1. The van der Waals surface area contributed by atoms with Gasteiger partial charge < -0.3 is 24.0 Å². The molecule has 1 amide bonds. The second-order valence-corrected chi connectivity index (χ2v) is 10.7. The van der Waals surface area contributed by atoms with Crippen LogP contribution in [-0.2, 0) is 16.1 Å². The molecule has 0 aromatic carbocycles. The minimum absolute atomic E-state index is 0.0335. The van der Waals surface area contributed by atoms with Crippen LogP contribution in [0.3, 0.4) is 0 Å². The number of aryl methyl sites for hydroxylation is 2. The predicted molar refractivity (Wildman–Crippen MR) is 126 cm³/mol. The van der Waals surface area contributed by atoms with E-state index in [1.165, 1.54) is 0 Å². The van der Waals surface area contributed by atoms with Crippen LogP contribution in [0.2, 0.25) is 0 Å². The van der Waals surface area contributed by atoms with Crippen molar-refractivity contribution >= 4 is 12.1 Å². The van der Waals surface area contributed by atoms with E-state index in [0.29, 0.717) is 53.6 Å². The minimum Gasteiger partial charge on any atom is -0.491 e. The van der Waals surface area contributed by atoms with E-state index in [0.717, 1.165) is 38.5 Å². The molecule has 4 aliphatic carbocycles. The Morgan fingerprint density at radius 2 is 1.91 bits per heavy atom. The molecule has 2 aromatic heterocycles. The van der Waals surface area contributed by atoms with Gasteiger partial charge in [0.15, 0.2) is 5.76 Å². The van der Waals surface area contributed by atoms with Crippen molar-refractivity contribution in [1.29, 1.82) is 0 Å². The number of carbonyl (C=O) groups excluding carboxylic acids is 1. The summed E-state index contributed by atoms with van der Waals surface area (Å²) in [6.07, 6.45) is 6.98. The molecule has 35 heavy (non-hydrogen) atoms. The van der Waals surface area contributed by atoms with Gasteiger partial charge in [0.2, 0.25) is 0 Å². The van der Waals surface area contributed by atoms with Gasteiger partial charge in [-0.1, -0.05) is 18.0 Å². The first kappa shape index (κ1) is 23.6. The molecule has 4 fully saturated rings. The number of fused-ring (bicyclic) bond motifs is 1. The maximum absolute atomic E-state index is 12.5. The van der Waals surface area contributed by atoms with Gasteiger partial charge >= 0.3 is 12.1 Å². The molecule has 9 nitrogen and oxygen atoms in total. The Labute approximate surface area is 204 Å². The molecule has 188 valence electrons. The number of hydrogen-bond donors (Lipinski definition) is 1. The maximum Gasteiger partial charge on any atom is 0.410 e. The lowest BCUT2D eigenvalue weighted by Crippen LogP contribution is -2.45. The van der Waals surface area contributed by atoms with E-state index < -0.39 is 11.4 Å². The van der Waals surface area contributed by atoms with Crippen molar-refractivity contribution in [2.24, 2.45) is 10.8 Å². The second kappa shape index (κ2) is 8.84. The monoisotopic (exact) mass is 483 g/mol. The van der Waals surface area contributed by atoms with Gasteiger partial charge in [-0.15, -0.1) is 0 Å². The third-order valence-electron chi connectivity index (χ3n) is 8.30. The summed E-state index contributed by atoms with van der Waals surface area (Å²) in [7, 11) is 1.79. The summed E-state index contributed by atoms with van der Waals surface area (Å²) in [5, 5.41) is 13.5. The van der Waals surface area contributed by atoms with E-state index in [4.69, 9.17) is 14.0 Å². The largest absolute Gasteiger partial charge is 0.491 e. The summed E-state index contributed by atoms with van der Waals surface area (Å²) < 4.78 is 17.2. The molecule has 2 bridgehead atoms. The number of nitrogens with zero attached hydrogens (tertiary/aromatic N) is 3. The number of aliphatic carboxylic acids is 1. The zero-order valence-electron chi connectivity index (χ0n) is 20.6. The van der Waals surface area contributed by atoms with Crippen LogP contribution in [-0.4, -0.2) is 51.9 Å². The van der Waals surface area contributed by atoms with E-state index >= 15 is 0 Å². The number of hydrogen-bond acceptors (Lipinski definition) is 7. The smallest absolute Gasteiger partial charge is 0.410 e. The van der Waals surface area contributed by atoms with Crippen LogP contribution >= 0.6 is 0 Å². The Hall–Kier alpha value is -3.10. The molecule has 0 aliphatic heterocycles. The third kappa shape index (κ3) is 4.25. The lowest BCUT2D eigenvalue weighted by molar-refractivity contribution is -0.158. The number of carbonyl (C=O) groups is 2. The quantitative estimate of drug-likeness (QED) is 0.564. The number of ether oxygens (including phenoxy) is 2. The molecule has 9 heteroatoms. The molecule has 2 heterocycles. The Kier molecular flexibility index (Phi) is 5.97. The van der Waals surface area contributed by atoms with Crippen LogP contribution in [0.1, 0.15) is 68.3 Å². The highest BCUT2D eigenvalue weighted by atomic mass is 16.6. The molecular weight excluding hydrogens is 450 g/mol. The number of amides is 1. The third-order valence-corrected chi connectivity index (χ3v) is 8.30. The van der Waals surface area contributed by atoms with Gasteiger partial charge in [-0.05, 0) is 64.5 Å². The van der Waals surface area contributed by atoms with Crippen LogP contribution in [0.15, 0.2) is 16.7 Å². The van der Waals surface area contributed by atoms with E-state index in [9.17, 15) is 14.7 Å². The van der Waals surface area contributed by atoms with Gasteiger partial charge in [-0.3, -0.25) is 4.79 Å². The molecule has 2 aromatic rings. The molecule has 0 atom stereocenters. The van der Waals surface area contributed by atoms with Crippen molar-refractivity contribution in [3.63, 3.8) is 0 Å². The van der Waals surface area contributed by atoms with Gasteiger partial charge in [0.25, 0.3) is 0 Å². The number of aromatic nitrogens is 2. The fourth-order valence-corrected chi connectivity index (χ4v) is 6.17. The van der Waals surface area contributed by atoms with Gasteiger partial charge in [0, 0.05) is 18.5 Å². The highest BCUT2D eigenvalue weighted by molar-refractivity contribution is 5.77. The SMILES string of the molecule is Cc1nc(-c2onc(C)c2COC(=O)N(C)C2CCCC2)ccc1OCC12CCC(C(=O)O)(C1)C2. The molecule has 0 saturated heterocycles. The van der Waals surface area contributed by atoms with E-state index in [1.807, 2.05) is 26.0 Å². The topological polar surface area (TPSA) is 115 Å². The summed E-state index contributed by atoms with van der Waals surface area (Å²) in [5.74, 6) is 0.472. The van der Waals surface area contributed by atoms with Crippen molar-refractivity contribution in [2.45, 2.75) is 77.9 Å². The molecule has 0 radical (unpaired) electrons. The Bertz CT molecular complexity index is 1130. The first-order valence-electron chi connectivity index (χ1n) is 12.4. The molecule has 4 aliphatic rings. The van der Waals surface area contributed by atoms with E-state index in [1.54, 1.807) is 11.9 Å². The summed E-state index contributed by atoms with van der Waals surface area (Å²) in [6, 6.07) is 3.91. The summed E-state index contributed by atoms with van der Waals surface area (Å²) >= 11 is 0. The molecule has 6 rings (SSSR count). The van der Waals surface area contributed by atoms with E-state index in [2.05, 4.69) is 10.1 Å². The Balaban J connectivity index is 1.23. The standard InChI is InChI=1S/C26H33N3O6/c1-16-19(12-33-24(32)29(3)18-6-4-5-7-18)22(35-28-16)20-8-9-21(17(2)27-20)34-15-25-10-11-26(13-25,14-25)23(30)31/h8-9,18H,4-7,10-15H2,1-3H3,(H,30,31). The van der Waals surface area contributed by atoms with Crippen molar-refractivity contribution in [3.05, 3.63) is 29.1 Å². The van der Waals surface area contributed by atoms with Gasteiger partial charge in [-0.25, -0.2) is 9.78 Å². The van der Waals surface area contributed by atoms with Gasteiger partial charge in [0.05, 0.1) is 29.0 Å². The molecule has 0 spiro atoms. The van der Waals surface area contributed by atoms with Crippen molar-refractivity contribution < 1.29 is 28.7 Å². The molecule has 1 N–H and O–H groups in total. The first-order chi connectivity index (χ1) is 16.7. The predicted octanol–water partition coefficient (Wildman–Crippen LogP) is 4.89. The summed E-state index contributed by atoms with van der Waals surface area (Å²) in [6.45, 7) is 4.25. The van der Waals surface area contributed by atoms with Crippen LogP contribution in [0.25, 0.3) is 11.5 Å². The molecule has 0 unspecified atom stereocenters. The van der Waals surface area contributed by atoms with Crippen molar-refractivity contribution in [1.82, 2.24) is 15.0 Å². The molecular formula is C26H33N3O6. The van der Waals surface area contributed by atoms with Gasteiger partial charge in [-0.2, -0.15) is 0 Å². The normalized spacial score (nSPS) is 25.3. The van der Waals surface area contributed by atoms with Crippen LogP contribution in [0, 0.1) is 24.7 Å². The number of carboxylic acids is 1. The minimum atomic E-state index is -0.679. The van der Waals surface area contributed by atoms with Crippen molar-refractivity contribution in [3.8, 4) is 17.2 Å². The fraction of sp³-hybridized carbons (Fsp3) is 0.615. The molecule has 4 saturated carbocycles. The van der Waals surface area contributed by atoms with E-state index in [-0.39, 0.29) is 24.2 Å². The summed E-state index contributed by atoms with van der Waals surface area (Å²) in [5.41, 5.74) is 2.09. The number of carboxylic acid groups (broad SMARTS) is 1. The number of rotatable bonds is 8. The average Bonchev–Trinajstić information content (AvgIpc) is 3.59. The van der Waals surface area contributed by atoms with Crippen LogP contribution in [0.4, 0.5) is 4.79 Å². The maximum atomic E-state index is 12.5. The second-order valence-electron chi connectivity index (χ2n) is 10.7. The highest BCUT2D eigenvalue weighted by Gasteiger charge is 2.65. The average molecular weight is 484 g/mol. The Morgan fingerprint density at radius 1 is 1.17 bits per heavy atom. The highest BCUT2D eigenvalue weighted by Crippen LogP contribution is 2.67. The Morgan fingerprint density at radius 3 is 2.57 bits per heavy atom. The zero-order valence-corrected chi connectivity index (χ0v) is 20.6. The zero-order chi connectivity index (χ0) is 24.8. The van der Waals surface area contributed by atoms with Crippen molar-refractivity contribution in [2.75, 3.05) is 13.7 Å². The lowest BCUT2D eigenvalue weighted by atomic mass is 9.60. The first-order valence-corrected chi connectivity index (χ1v) is 12.4. The van der Waals surface area contributed by atoms with Crippen LogP contribution < -0.4 is 4.74 Å². The van der Waals surface area contributed by atoms with Crippen LogP contribution in [0.5, 0.6) is 5.75 Å². The summed E-state index contributed by atoms with van der Waals surface area (Å²) in [4.78, 5) is 30.4.